The lowest BCUT2D eigenvalue weighted by molar-refractivity contribution is 0.0963. The van der Waals surface area contributed by atoms with E-state index < -0.39 is 6.04 Å². The van der Waals surface area contributed by atoms with E-state index in [0.717, 1.165) is 5.52 Å². The van der Waals surface area contributed by atoms with Crippen LogP contribution in [0.1, 0.15) is 17.4 Å². The van der Waals surface area contributed by atoms with E-state index >= 15 is 0 Å². The Balaban J connectivity index is 2.52. The third kappa shape index (κ3) is 1.85. The minimum Gasteiger partial charge on any atom is -0.321 e. The van der Waals surface area contributed by atoms with Crippen molar-refractivity contribution in [3.63, 3.8) is 0 Å². The molecule has 1 aromatic heterocycles. The smallest absolute Gasteiger partial charge is 0.199 e. The molecule has 0 saturated carbocycles. The fourth-order valence-corrected chi connectivity index (χ4v) is 1.31. The summed E-state index contributed by atoms with van der Waals surface area (Å²) in [7, 11) is 0. The first-order valence-corrected chi connectivity index (χ1v) is 4.70. The van der Waals surface area contributed by atoms with Crippen molar-refractivity contribution in [1.29, 1.82) is 0 Å². The number of ketones is 1. The maximum atomic E-state index is 11.6. The highest BCUT2D eigenvalue weighted by molar-refractivity contribution is 5.98. The molecular formula is C11H11N3O. The molecule has 0 saturated heterocycles. The van der Waals surface area contributed by atoms with Crippen LogP contribution in [0.4, 0.5) is 0 Å². The fraction of sp³-hybridized carbons (Fsp3) is 0.182. The Morgan fingerprint density at radius 1 is 1.33 bits per heavy atom. The van der Waals surface area contributed by atoms with Gasteiger partial charge in [0, 0.05) is 0 Å². The summed E-state index contributed by atoms with van der Waals surface area (Å²) < 4.78 is 0. The molecule has 1 aromatic carbocycles. The van der Waals surface area contributed by atoms with Crippen molar-refractivity contribution in [2.24, 2.45) is 5.73 Å². The van der Waals surface area contributed by atoms with Crippen LogP contribution in [0.5, 0.6) is 0 Å². The highest BCUT2D eigenvalue weighted by Crippen LogP contribution is 2.09. The molecule has 1 atom stereocenters. The molecule has 4 heteroatoms. The van der Waals surface area contributed by atoms with Crippen molar-refractivity contribution in [1.82, 2.24) is 9.97 Å². The molecular weight excluding hydrogens is 190 g/mol. The Hall–Kier alpha value is -1.81. The molecule has 76 valence electrons. The van der Waals surface area contributed by atoms with Gasteiger partial charge in [0.2, 0.25) is 0 Å². The largest absolute Gasteiger partial charge is 0.321 e. The summed E-state index contributed by atoms with van der Waals surface area (Å²) in [6, 6.07) is 6.87. The van der Waals surface area contributed by atoms with Crippen molar-refractivity contribution >= 4 is 16.8 Å². The van der Waals surface area contributed by atoms with Crippen LogP contribution in [0, 0.1) is 0 Å². The first-order valence-electron chi connectivity index (χ1n) is 4.70. The first kappa shape index (κ1) is 9.73. The maximum Gasteiger partial charge on any atom is 0.199 e. The zero-order chi connectivity index (χ0) is 10.8. The summed E-state index contributed by atoms with van der Waals surface area (Å²) in [6.07, 6.45) is 1.47. The number of carbonyl (C=O) groups excluding carboxylic acids is 1. The molecule has 0 amide bonds. The summed E-state index contributed by atoms with van der Waals surface area (Å²) in [5, 5.41) is 0. The van der Waals surface area contributed by atoms with Crippen molar-refractivity contribution in [2.75, 3.05) is 0 Å². The molecule has 4 nitrogen and oxygen atoms in total. The van der Waals surface area contributed by atoms with E-state index in [9.17, 15) is 4.79 Å². The molecule has 1 heterocycles. The second kappa shape index (κ2) is 3.74. The van der Waals surface area contributed by atoms with Crippen molar-refractivity contribution < 1.29 is 4.79 Å². The average Bonchev–Trinajstić information content (AvgIpc) is 2.27. The lowest BCUT2D eigenvalue weighted by Gasteiger charge is -2.03. The van der Waals surface area contributed by atoms with Gasteiger partial charge in [0.25, 0.3) is 0 Å². The molecule has 0 spiro atoms. The first-order chi connectivity index (χ1) is 7.18. The van der Waals surface area contributed by atoms with Crippen LogP contribution in [-0.4, -0.2) is 21.8 Å². The van der Waals surface area contributed by atoms with E-state index in [1.165, 1.54) is 6.20 Å². The molecule has 2 N–H and O–H groups in total. The van der Waals surface area contributed by atoms with E-state index in [1.54, 1.807) is 6.92 Å². The summed E-state index contributed by atoms with van der Waals surface area (Å²) in [6.45, 7) is 1.64. The van der Waals surface area contributed by atoms with Crippen LogP contribution >= 0.6 is 0 Å². The lowest BCUT2D eigenvalue weighted by Crippen LogP contribution is -2.27. The number of benzene rings is 1. The van der Waals surface area contributed by atoms with Crippen LogP contribution < -0.4 is 5.73 Å². The molecule has 0 radical (unpaired) electrons. The van der Waals surface area contributed by atoms with Gasteiger partial charge in [-0.25, -0.2) is 4.98 Å². The number of carbonyl (C=O) groups is 1. The number of hydrogen-bond acceptors (Lipinski definition) is 4. The Labute approximate surface area is 87.1 Å². The second-order valence-corrected chi connectivity index (χ2v) is 3.40. The number of nitrogens with two attached hydrogens (primary N) is 1. The quantitative estimate of drug-likeness (QED) is 0.740. The van der Waals surface area contributed by atoms with Gasteiger partial charge in [-0.2, -0.15) is 0 Å². The minimum atomic E-state index is -0.541. The summed E-state index contributed by atoms with van der Waals surface area (Å²) in [5.41, 5.74) is 7.31. The molecule has 0 aliphatic rings. The van der Waals surface area contributed by atoms with E-state index in [-0.39, 0.29) is 5.78 Å². The molecule has 0 aliphatic carbocycles. The molecule has 1 unspecified atom stereocenters. The lowest BCUT2D eigenvalue weighted by atomic mass is 10.1. The van der Waals surface area contributed by atoms with Crippen molar-refractivity contribution in [3.8, 4) is 0 Å². The second-order valence-electron chi connectivity index (χ2n) is 3.40. The molecule has 0 bridgehead atoms. The number of rotatable bonds is 2. The zero-order valence-corrected chi connectivity index (χ0v) is 8.34. The van der Waals surface area contributed by atoms with Crippen LogP contribution in [0.3, 0.4) is 0 Å². The Morgan fingerprint density at radius 2 is 2.00 bits per heavy atom. The van der Waals surface area contributed by atoms with Gasteiger partial charge in [-0.1, -0.05) is 12.1 Å². The minimum absolute atomic E-state index is 0.187. The summed E-state index contributed by atoms with van der Waals surface area (Å²) in [4.78, 5) is 19.9. The van der Waals surface area contributed by atoms with Gasteiger partial charge in [0.15, 0.2) is 5.78 Å². The number of aromatic nitrogens is 2. The molecule has 2 aromatic rings. The monoisotopic (exact) mass is 201 g/mol. The number of Topliss-reactive ketones (excluding diaryl/α,β-unsaturated/α-hetero) is 1. The van der Waals surface area contributed by atoms with Gasteiger partial charge in [0.05, 0.1) is 23.3 Å². The topological polar surface area (TPSA) is 68.9 Å². The highest BCUT2D eigenvalue weighted by Gasteiger charge is 2.12. The predicted octanol–water partition coefficient (Wildman–Crippen LogP) is 1.16. The highest BCUT2D eigenvalue weighted by atomic mass is 16.1. The van der Waals surface area contributed by atoms with Gasteiger partial charge < -0.3 is 5.73 Å². The van der Waals surface area contributed by atoms with E-state index in [2.05, 4.69) is 9.97 Å². The fourth-order valence-electron chi connectivity index (χ4n) is 1.31. The Morgan fingerprint density at radius 3 is 2.67 bits per heavy atom. The standard InChI is InChI=1S/C11H11N3O/c1-7(12)11(15)10-6-13-8-4-2-3-5-9(8)14-10/h2-7H,12H2,1H3. The molecule has 2 rings (SSSR count). The third-order valence-corrected chi connectivity index (χ3v) is 2.11. The predicted molar refractivity (Wildman–Crippen MR) is 57.5 cm³/mol. The van der Waals surface area contributed by atoms with Crippen molar-refractivity contribution in [2.45, 2.75) is 13.0 Å². The van der Waals surface area contributed by atoms with Crippen LogP contribution in [-0.2, 0) is 0 Å². The van der Waals surface area contributed by atoms with E-state index in [0.29, 0.717) is 11.2 Å². The van der Waals surface area contributed by atoms with Gasteiger partial charge in [-0.3, -0.25) is 9.78 Å². The summed E-state index contributed by atoms with van der Waals surface area (Å²) in [5.74, 6) is -0.187. The zero-order valence-electron chi connectivity index (χ0n) is 8.34. The van der Waals surface area contributed by atoms with Gasteiger partial charge in [-0.15, -0.1) is 0 Å². The number of nitrogens with zero attached hydrogens (tertiary/aromatic N) is 2. The average molecular weight is 201 g/mol. The van der Waals surface area contributed by atoms with Crippen LogP contribution in [0.15, 0.2) is 30.5 Å². The Kier molecular flexibility index (Phi) is 2.43. The summed E-state index contributed by atoms with van der Waals surface area (Å²) >= 11 is 0. The number of para-hydroxylation sites is 2. The van der Waals surface area contributed by atoms with Gasteiger partial charge in [-0.05, 0) is 19.1 Å². The molecule has 0 aliphatic heterocycles. The van der Waals surface area contributed by atoms with Gasteiger partial charge >= 0.3 is 0 Å². The van der Waals surface area contributed by atoms with Crippen molar-refractivity contribution in [3.05, 3.63) is 36.2 Å². The maximum absolute atomic E-state index is 11.6. The van der Waals surface area contributed by atoms with E-state index in [1.807, 2.05) is 24.3 Å². The SMILES string of the molecule is CC(N)C(=O)c1cnc2ccccc2n1. The van der Waals surface area contributed by atoms with E-state index in [4.69, 9.17) is 5.73 Å². The third-order valence-electron chi connectivity index (χ3n) is 2.11. The van der Waals surface area contributed by atoms with Gasteiger partial charge in [0.1, 0.15) is 5.69 Å². The molecule has 0 fully saturated rings. The number of fused-ring (bicyclic) bond motifs is 1. The normalized spacial score (nSPS) is 12.7. The Bertz CT molecular complexity index is 508. The van der Waals surface area contributed by atoms with Crippen LogP contribution in [0.2, 0.25) is 0 Å². The molecule has 15 heavy (non-hydrogen) atoms. The number of hydrogen-bond donors (Lipinski definition) is 1. The van der Waals surface area contributed by atoms with Crippen LogP contribution in [0.25, 0.3) is 11.0 Å².